The van der Waals surface area contributed by atoms with Crippen LogP contribution in [0.1, 0.15) is 18.4 Å². The maximum absolute atomic E-state index is 9.22. The van der Waals surface area contributed by atoms with Crippen LogP contribution in [-0.2, 0) is 6.42 Å². The molecule has 2 rings (SSSR count). The first-order valence-corrected chi connectivity index (χ1v) is 6.14. The summed E-state index contributed by atoms with van der Waals surface area (Å²) in [6.45, 7) is 2.24. The third kappa shape index (κ3) is 3.32. The first kappa shape index (κ1) is 11.6. The highest BCUT2D eigenvalue weighted by molar-refractivity contribution is 5.14. The van der Waals surface area contributed by atoms with E-state index in [0.717, 1.165) is 38.3 Å². The first-order valence-electron chi connectivity index (χ1n) is 6.14. The molecule has 2 heteroatoms. The Morgan fingerprint density at radius 3 is 2.56 bits per heavy atom. The average molecular weight is 219 g/mol. The lowest BCUT2D eigenvalue weighted by Gasteiger charge is -2.34. The maximum Gasteiger partial charge on any atom is 0.0546 e. The molecule has 1 aromatic rings. The van der Waals surface area contributed by atoms with Crippen LogP contribution in [0.5, 0.6) is 0 Å². The summed E-state index contributed by atoms with van der Waals surface area (Å²) in [5, 5.41) is 9.22. The van der Waals surface area contributed by atoms with E-state index in [2.05, 4.69) is 42.3 Å². The smallest absolute Gasteiger partial charge is 0.0546 e. The van der Waals surface area contributed by atoms with Gasteiger partial charge in [-0.2, -0.15) is 0 Å². The average Bonchev–Trinajstić information content (AvgIpc) is 2.26. The molecule has 0 atom stereocenters. The van der Waals surface area contributed by atoms with Crippen LogP contribution in [0.4, 0.5) is 0 Å². The molecule has 1 N–H and O–H groups in total. The van der Waals surface area contributed by atoms with E-state index in [4.69, 9.17) is 0 Å². The molecule has 0 radical (unpaired) electrons. The van der Waals surface area contributed by atoms with Crippen molar-refractivity contribution in [1.82, 2.24) is 4.90 Å². The number of aliphatic hydroxyl groups is 1. The fraction of sp³-hybridized carbons (Fsp3) is 0.571. The molecule has 0 unspecified atom stereocenters. The van der Waals surface area contributed by atoms with Gasteiger partial charge in [0.1, 0.15) is 0 Å². The molecule has 1 aliphatic rings. The quantitative estimate of drug-likeness (QED) is 0.818. The predicted molar refractivity (Wildman–Crippen MR) is 66.4 cm³/mol. The summed E-state index contributed by atoms with van der Waals surface area (Å²) < 4.78 is 0. The van der Waals surface area contributed by atoms with Crippen LogP contribution in [0.3, 0.4) is 0 Å². The van der Waals surface area contributed by atoms with E-state index >= 15 is 0 Å². The Balaban J connectivity index is 1.66. The van der Waals surface area contributed by atoms with Gasteiger partial charge in [0.2, 0.25) is 0 Å². The van der Waals surface area contributed by atoms with Crippen LogP contribution < -0.4 is 0 Å². The second-order valence-corrected chi connectivity index (χ2v) is 4.99. The van der Waals surface area contributed by atoms with Gasteiger partial charge in [-0.15, -0.1) is 0 Å². The third-order valence-electron chi connectivity index (χ3n) is 3.41. The Labute approximate surface area is 97.9 Å². The zero-order valence-corrected chi connectivity index (χ0v) is 9.97. The summed E-state index contributed by atoms with van der Waals surface area (Å²) in [5.41, 5.74) is 1.41. The number of rotatable bonds is 5. The van der Waals surface area contributed by atoms with Crippen molar-refractivity contribution in [3.8, 4) is 0 Å². The lowest BCUT2D eigenvalue weighted by molar-refractivity contribution is 0.0285. The van der Waals surface area contributed by atoms with E-state index < -0.39 is 0 Å². The monoisotopic (exact) mass is 219 g/mol. The second-order valence-electron chi connectivity index (χ2n) is 4.99. The van der Waals surface area contributed by atoms with E-state index in [9.17, 15) is 5.11 Å². The van der Waals surface area contributed by atoms with E-state index in [1.807, 2.05) is 0 Å². The number of aliphatic hydroxyl groups excluding tert-OH is 1. The van der Waals surface area contributed by atoms with Crippen molar-refractivity contribution in [2.75, 3.05) is 20.1 Å². The fourth-order valence-electron chi connectivity index (χ4n) is 2.35. The standard InChI is InChI=1S/C14H21NO/c1-15(11-13-9-14(16)10-13)8-7-12-5-3-2-4-6-12/h2-6,13-14,16H,7-11H2,1H3. The van der Waals surface area contributed by atoms with Crippen LogP contribution in [0.15, 0.2) is 30.3 Å². The molecule has 0 spiro atoms. The Kier molecular flexibility index (Phi) is 3.97. The van der Waals surface area contributed by atoms with Gasteiger partial charge in [0.05, 0.1) is 6.10 Å². The molecule has 0 aromatic heterocycles. The topological polar surface area (TPSA) is 23.5 Å². The molecule has 88 valence electrons. The number of nitrogens with zero attached hydrogens (tertiary/aromatic N) is 1. The van der Waals surface area contributed by atoms with Crippen molar-refractivity contribution in [3.63, 3.8) is 0 Å². The van der Waals surface area contributed by atoms with Crippen molar-refractivity contribution in [3.05, 3.63) is 35.9 Å². The number of hydrogen-bond acceptors (Lipinski definition) is 2. The van der Waals surface area contributed by atoms with Crippen molar-refractivity contribution in [2.24, 2.45) is 5.92 Å². The molecule has 0 amide bonds. The highest BCUT2D eigenvalue weighted by Gasteiger charge is 2.27. The van der Waals surface area contributed by atoms with Crippen molar-refractivity contribution in [2.45, 2.75) is 25.4 Å². The molecule has 16 heavy (non-hydrogen) atoms. The van der Waals surface area contributed by atoms with Gasteiger partial charge in [-0.3, -0.25) is 0 Å². The molecule has 1 saturated carbocycles. The lowest BCUT2D eigenvalue weighted by atomic mass is 9.82. The van der Waals surface area contributed by atoms with Gasteiger partial charge in [0.15, 0.2) is 0 Å². The van der Waals surface area contributed by atoms with Gasteiger partial charge >= 0.3 is 0 Å². The molecular formula is C14H21NO. The SMILES string of the molecule is CN(CCc1ccccc1)CC1CC(O)C1. The first-order chi connectivity index (χ1) is 7.74. The molecule has 0 bridgehead atoms. The Morgan fingerprint density at radius 2 is 1.94 bits per heavy atom. The molecular weight excluding hydrogens is 198 g/mol. The highest BCUT2D eigenvalue weighted by atomic mass is 16.3. The van der Waals surface area contributed by atoms with E-state index in [-0.39, 0.29) is 6.10 Å². The van der Waals surface area contributed by atoms with E-state index in [1.165, 1.54) is 5.56 Å². The largest absolute Gasteiger partial charge is 0.393 e. The molecule has 0 saturated heterocycles. The zero-order valence-electron chi connectivity index (χ0n) is 9.97. The molecule has 2 nitrogen and oxygen atoms in total. The minimum atomic E-state index is -0.0208. The summed E-state index contributed by atoms with van der Waals surface area (Å²) in [6.07, 6.45) is 3.09. The summed E-state index contributed by atoms with van der Waals surface area (Å²) in [4.78, 5) is 2.38. The van der Waals surface area contributed by atoms with Crippen LogP contribution >= 0.6 is 0 Å². The summed E-state index contributed by atoms with van der Waals surface area (Å²) in [5.74, 6) is 0.718. The van der Waals surface area contributed by atoms with Gasteiger partial charge in [0.25, 0.3) is 0 Å². The summed E-state index contributed by atoms with van der Waals surface area (Å²) in [6, 6.07) is 10.6. The number of hydrogen-bond donors (Lipinski definition) is 1. The minimum Gasteiger partial charge on any atom is -0.393 e. The Morgan fingerprint density at radius 1 is 1.25 bits per heavy atom. The van der Waals surface area contributed by atoms with Crippen molar-refractivity contribution < 1.29 is 5.11 Å². The molecule has 1 aromatic carbocycles. The van der Waals surface area contributed by atoms with Gasteiger partial charge in [-0.05, 0) is 37.8 Å². The molecule has 1 aliphatic carbocycles. The van der Waals surface area contributed by atoms with Gasteiger partial charge < -0.3 is 10.0 Å². The van der Waals surface area contributed by atoms with E-state index in [0.29, 0.717) is 0 Å². The molecule has 0 aliphatic heterocycles. The van der Waals surface area contributed by atoms with Crippen LogP contribution in [0, 0.1) is 5.92 Å². The van der Waals surface area contributed by atoms with E-state index in [1.54, 1.807) is 0 Å². The van der Waals surface area contributed by atoms with Crippen molar-refractivity contribution in [1.29, 1.82) is 0 Å². The van der Waals surface area contributed by atoms with Crippen LogP contribution in [0.2, 0.25) is 0 Å². The van der Waals surface area contributed by atoms with Gasteiger partial charge in [-0.25, -0.2) is 0 Å². The maximum atomic E-state index is 9.22. The van der Waals surface area contributed by atoms with Crippen LogP contribution in [0.25, 0.3) is 0 Å². The molecule has 0 heterocycles. The summed E-state index contributed by atoms with van der Waals surface area (Å²) >= 11 is 0. The summed E-state index contributed by atoms with van der Waals surface area (Å²) in [7, 11) is 2.17. The van der Waals surface area contributed by atoms with Gasteiger partial charge in [-0.1, -0.05) is 30.3 Å². The predicted octanol–water partition coefficient (Wildman–Crippen LogP) is 1.93. The second kappa shape index (κ2) is 5.46. The Hall–Kier alpha value is -0.860. The molecule has 1 fully saturated rings. The number of benzene rings is 1. The third-order valence-corrected chi connectivity index (χ3v) is 3.41. The fourth-order valence-corrected chi connectivity index (χ4v) is 2.35. The zero-order chi connectivity index (χ0) is 11.4. The Bertz CT molecular complexity index is 306. The van der Waals surface area contributed by atoms with Crippen molar-refractivity contribution >= 4 is 0 Å². The number of likely N-dealkylation sites (N-methyl/N-ethyl adjacent to an activating group) is 1. The normalized spacial score (nSPS) is 24.4. The highest BCUT2D eigenvalue weighted by Crippen LogP contribution is 2.27. The van der Waals surface area contributed by atoms with Gasteiger partial charge in [0, 0.05) is 13.1 Å². The van der Waals surface area contributed by atoms with Crippen LogP contribution in [-0.4, -0.2) is 36.2 Å². The minimum absolute atomic E-state index is 0.0208. The lowest BCUT2D eigenvalue weighted by Crippen LogP contribution is -2.37.